The standard InChI is InChI=1S/C27H44O3.H2O/c1-17(2)25(29)13-8-18(3)23-11-12-24-20(7-6-14-27(23,24)5)9-10-21-15-22(28)16-26(30)19(21)4;/h9-10,17-18,22-26,28-30H,4,6-8,11-16H2,1-3,5H3;1H2/b20-9+,21-10+;/t18-,22-,23-,24+,25-,26+,27+;/m1./s1. The molecule has 0 radical (unpaired) electrons. The molecule has 178 valence electrons. The van der Waals surface area contributed by atoms with Crippen LogP contribution in [0.2, 0.25) is 0 Å². The molecule has 0 aliphatic heterocycles. The van der Waals surface area contributed by atoms with Gasteiger partial charge in [0.05, 0.1) is 18.3 Å². The Morgan fingerprint density at radius 3 is 2.52 bits per heavy atom. The van der Waals surface area contributed by atoms with Gasteiger partial charge in [0.2, 0.25) is 0 Å². The molecule has 3 saturated carbocycles. The summed E-state index contributed by atoms with van der Waals surface area (Å²) in [5.74, 6) is 2.35. The fourth-order valence-electron chi connectivity index (χ4n) is 6.65. The summed E-state index contributed by atoms with van der Waals surface area (Å²) in [6, 6.07) is 0. The molecular weight excluding hydrogens is 388 g/mol. The van der Waals surface area contributed by atoms with Crippen LogP contribution in [0, 0.1) is 29.1 Å². The molecular formula is C27H46O4. The van der Waals surface area contributed by atoms with E-state index in [1.165, 1.54) is 25.7 Å². The Bertz CT molecular complexity index is 679. The van der Waals surface area contributed by atoms with Crippen molar-refractivity contribution in [3.8, 4) is 0 Å². The topological polar surface area (TPSA) is 92.2 Å². The molecule has 4 nitrogen and oxygen atoms in total. The highest BCUT2D eigenvalue weighted by molar-refractivity contribution is 5.38. The molecule has 0 saturated heterocycles. The zero-order valence-corrected chi connectivity index (χ0v) is 20.1. The van der Waals surface area contributed by atoms with Gasteiger partial charge in [-0.15, -0.1) is 0 Å². The van der Waals surface area contributed by atoms with Crippen LogP contribution in [0.4, 0.5) is 0 Å². The van der Waals surface area contributed by atoms with Crippen LogP contribution in [-0.4, -0.2) is 39.1 Å². The summed E-state index contributed by atoms with van der Waals surface area (Å²) in [4.78, 5) is 0. The lowest BCUT2D eigenvalue weighted by Gasteiger charge is -2.44. The van der Waals surface area contributed by atoms with E-state index < -0.39 is 12.2 Å². The molecule has 3 fully saturated rings. The predicted molar refractivity (Wildman–Crippen MR) is 128 cm³/mol. The van der Waals surface area contributed by atoms with Crippen molar-refractivity contribution >= 4 is 0 Å². The average molecular weight is 435 g/mol. The van der Waals surface area contributed by atoms with Gasteiger partial charge in [-0.3, -0.25) is 0 Å². The van der Waals surface area contributed by atoms with E-state index in [1.54, 1.807) is 5.57 Å². The zero-order valence-electron chi connectivity index (χ0n) is 20.1. The van der Waals surface area contributed by atoms with Crippen molar-refractivity contribution in [2.75, 3.05) is 0 Å². The van der Waals surface area contributed by atoms with Crippen molar-refractivity contribution in [1.29, 1.82) is 0 Å². The Labute approximate surface area is 189 Å². The first-order valence-corrected chi connectivity index (χ1v) is 12.3. The third kappa shape index (κ3) is 5.71. The monoisotopic (exact) mass is 434 g/mol. The molecule has 0 spiro atoms. The zero-order chi connectivity index (χ0) is 22.1. The maximum atomic E-state index is 10.3. The second-order valence-electron chi connectivity index (χ2n) is 11.0. The van der Waals surface area contributed by atoms with Crippen molar-refractivity contribution < 1.29 is 20.8 Å². The SMILES string of the molecule is C=C1/C(=C/C=C2\CCC[C@@]3(C)[C@@H]([C@H](C)CC[C@@H](O)C(C)C)CC[C@@H]23)C[C@@H](O)C[C@@H]1O.O. The molecule has 5 N–H and O–H groups in total. The maximum absolute atomic E-state index is 10.3. The van der Waals surface area contributed by atoms with Crippen LogP contribution in [0.5, 0.6) is 0 Å². The van der Waals surface area contributed by atoms with Crippen LogP contribution in [-0.2, 0) is 0 Å². The molecule has 0 bridgehead atoms. The van der Waals surface area contributed by atoms with Gasteiger partial charge < -0.3 is 20.8 Å². The van der Waals surface area contributed by atoms with Crippen molar-refractivity contribution in [1.82, 2.24) is 0 Å². The lowest BCUT2D eigenvalue weighted by Crippen LogP contribution is -2.36. The number of hydrogen-bond acceptors (Lipinski definition) is 3. The summed E-state index contributed by atoms with van der Waals surface area (Å²) in [6.45, 7) is 13.2. The van der Waals surface area contributed by atoms with Gasteiger partial charge >= 0.3 is 0 Å². The third-order valence-corrected chi connectivity index (χ3v) is 8.68. The third-order valence-electron chi connectivity index (χ3n) is 8.68. The Morgan fingerprint density at radius 1 is 1.13 bits per heavy atom. The van der Waals surface area contributed by atoms with Gasteiger partial charge in [0.15, 0.2) is 0 Å². The van der Waals surface area contributed by atoms with E-state index in [4.69, 9.17) is 0 Å². The Kier molecular flexibility index (Phi) is 9.15. The highest BCUT2D eigenvalue weighted by atomic mass is 16.3. The molecule has 31 heavy (non-hydrogen) atoms. The Morgan fingerprint density at radius 2 is 1.84 bits per heavy atom. The minimum absolute atomic E-state index is 0. The molecule has 0 heterocycles. The molecule has 0 aromatic carbocycles. The number of allylic oxidation sites excluding steroid dienone is 3. The Hall–Kier alpha value is -0.940. The molecule has 0 amide bonds. The van der Waals surface area contributed by atoms with Gasteiger partial charge in [-0.2, -0.15) is 0 Å². The first-order valence-electron chi connectivity index (χ1n) is 12.3. The Balaban J connectivity index is 0.00000341. The minimum Gasteiger partial charge on any atom is -0.412 e. The van der Waals surface area contributed by atoms with Crippen LogP contribution in [0.25, 0.3) is 0 Å². The van der Waals surface area contributed by atoms with Crippen LogP contribution in [0.1, 0.15) is 85.5 Å². The first-order chi connectivity index (χ1) is 14.1. The molecule has 4 heteroatoms. The van der Waals surface area contributed by atoms with E-state index in [0.29, 0.717) is 36.0 Å². The largest absolute Gasteiger partial charge is 0.412 e. The van der Waals surface area contributed by atoms with Gasteiger partial charge in [-0.1, -0.05) is 52.0 Å². The van der Waals surface area contributed by atoms with E-state index in [2.05, 4.69) is 46.4 Å². The summed E-state index contributed by atoms with van der Waals surface area (Å²) < 4.78 is 0. The number of aliphatic hydroxyl groups excluding tert-OH is 3. The van der Waals surface area contributed by atoms with E-state index in [0.717, 1.165) is 36.3 Å². The van der Waals surface area contributed by atoms with Gasteiger partial charge in [-0.05, 0) is 91.6 Å². The molecule has 0 aromatic rings. The molecule has 3 rings (SSSR count). The quantitative estimate of drug-likeness (QED) is 0.564. The summed E-state index contributed by atoms with van der Waals surface area (Å²) in [5.41, 5.74) is 3.69. The van der Waals surface area contributed by atoms with Crippen LogP contribution >= 0.6 is 0 Å². The first kappa shape index (κ1) is 26.3. The van der Waals surface area contributed by atoms with Gasteiger partial charge in [-0.25, -0.2) is 0 Å². The lowest BCUT2D eigenvalue weighted by atomic mass is 9.60. The fraction of sp³-hybridized carbons (Fsp3) is 0.778. The van der Waals surface area contributed by atoms with Crippen molar-refractivity contribution in [3.05, 3.63) is 35.5 Å². The summed E-state index contributed by atoms with van der Waals surface area (Å²) >= 11 is 0. The van der Waals surface area contributed by atoms with Gasteiger partial charge in [0.1, 0.15) is 0 Å². The number of aliphatic hydroxyl groups is 3. The van der Waals surface area contributed by atoms with E-state index >= 15 is 0 Å². The molecule has 0 aromatic heterocycles. The highest BCUT2D eigenvalue weighted by Crippen LogP contribution is 2.60. The van der Waals surface area contributed by atoms with Crippen molar-refractivity contribution in [3.63, 3.8) is 0 Å². The van der Waals surface area contributed by atoms with E-state index in [1.807, 2.05) is 0 Å². The highest BCUT2D eigenvalue weighted by Gasteiger charge is 2.50. The smallest absolute Gasteiger partial charge is 0.0811 e. The second-order valence-corrected chi connectivity index (χ2v) is 11.0. The fourth-order valence-corrected chi connectivity index (χ4v) is 6.65. The summed E-state index contributed by atoms with van der Waals surface area (Å²) in [6.07, 6.45) is 12.4. The predicted octanol–water partition coefficient (Wildman–Crippen LogP) is 4.74. The van der Waals surface area contributed by atoms with Gasteiger partial charge in [0, 0.05) is 6.42 Å². The lowest BCUT2D eigenvalue weighted by molar-refractivity contribution is 0.0717. The van der Waals surface area contributed by atoms with Crippen LogP contribution < -0.4 is 0 Å². The van der Waals surface area contributed by atoms with Crippen LogP contribution in [0.15, 0.2) is 35.5 Å². The van der Waals surface area contributed by atoms with E-state index in [9.17, 15) is 15.3 Å². The van der Waals surface area contributed by atoms with Crippen LogP contribution in [0.3, 0.4) is 0 Å². The second kappa shape index (κ2) is 10.8. The summed E-state index contributed by atoms with van der Waals surface area (Å²) in [7, 11) is 0. The molecule has 3 aliphatic rings. The molecule has 3 aliphatic carbocycles. The average Bonchev–Trinajstić information content (AvgIpc) is 3.04. The normalized spacial score (nSPS) is 38.3. The summed E-state index contributed by atoms with van der Waals surface area (Å²) in [5, 5.41) is 30.4. The minimum atomic E-state index is -0.618. The number of hydrogen-bond donors (Lipinski definition) is 3. The van der Waals surface area contributed by atoms with Gasteiger partial charge in [0.25, 0.3) is 0 Å². The van der Waals surface area contributed by atoms with Crippen molar-refractivity contribution in [2.45, 2.75) is 104 Å². The molecule has 7 atom stereocenters. The molecule has 0 unspecified atom stereocenters. The number of rotatable bonds is 6. The van der Waals surface area contributed by atoms with E-state index in [-0.39, 0.29) is 11.6 Å². The number of fused-ring (bicyclic) bond motifs is 1. The maximum Gasteiger partial charge on any atom is 0.0811 e. The van der Waals surface area contributed by atoms with Crippen molar-refractivity contribution in [2.24, 2.45) is 29.1 Å².